The van der Waals surface area contributed by atoms with Crippen LogP contribution in [-0.2, 0) is 16.6 Å². The van der Waals surface area contributed by atoms with Crippen molar-refractivity contribution in [2.75, 3.05) is 38.6 Å². The van der Waals surface area contributed by atoms with E-state index in [2.05, 4.69) is 39.5 Å². The number of hydrogen-bond acceptors (Lipinski definition) is 6. The van der Waals surface area contributed by atoms with Gasteiger partial charge in [0.25, 0.3) is 0 Å². The molecule has 168 valence electrons. The molecule has 2 aliphatic rings. The van der Waals surface area contributed by atoms with Crippen LogP contribution in [0.15, 0.2) is 29.4 Å². The molecule has 31 heavy (non-hydrogen) atoms. The van der Waals surface area contributed by atoms with Crippen molar-refractivity contribution in [2.45, 2.75) is 49.7 Å². The summed E-state index contributed by atoms with van der Waals surface area (Å²) in [6.45, 7) is 6.30. The largest absolute Gasteiger partial charge is 0.379 e. The molecule has 2 fully saturated rings. The van der Waals surface area contributed by atoms with Gasteiger partial charge in [0, 0.05) is 37.8 Å². The molecule has 1 aliphatic carbocycles. The van der Waals surface area contributed by atoms with Gasteiger partial charge in [-0.2, -0.15) is 0 Å². The van der Waals surface area contributed by atoms with Crippen LogP contribution in [0.1, 0.15) is 37.7 Å². The molecule has 0 bridgehead atoms. The van der Waals surface area contributed by atoms with Crippen LogP contribution in [0.3, 0.4) is 0 Å². The molecule has 8 heteroatoms. The van der Waals surface area contributed by atoms with E-state index in [1.54, 1.807) is 0 Å². The Balaban J connectivity index is 1.34. The number of rotatable bonds is 7. The van der Waals surface area contributed by atoms with Gasteiger partial charge in [-0.1, -0.05) is 55.3 Å². The number of aryl methyl sites for hydroxylation is 1. The van der Waals surface area contributed by atoms with Crippen molar-refractivity contribution < 1.29 is 9.53 Å². The van der Waals surface area contributed by atoms with Crippen LogP contribution in [0.2, 0.25) is 0 Å². The molecule has 0 atom stereocenters. The van der Waals surface area contributed by atoms with E-state index in [1.807, 2.05) is 23.7 Å². The first-order valence-corrected chi connectivity index (χ1v) is 12.3. The molecular weight excluding hydrogens is 410 g/mol. The van der Waals surface area contributed by atoms with E-state index in [-0.39, 0.29) is 11.4 Å². The van der Waals surface area contributed by atoms with Gasteiger partial charge < -0.3 is 14.6 Å². The summed E-state index contributed by atoms with van der Waals surface area (Å²) in [5, 5.41) is 12.7. The third-order valence-electron chi connectivity index (χ3n) is 6.63. The SMILES string of the molecule is Cc1ccccc1-c1nnc(SCC(=O)NCC2(N3CCOCC3)CCCCC2)n1C. The lowest BCUT2D eigenvalue weighted by Gasteiger charge is -2.48. The number of amides is 1. The summed E-state index contributed by atoms with van der Waals surface area (Å²) < 4.78 is 7.52. The summed E-state index contributed by atoms with van der Waals surface area (Å²) in [7, 11) is 1.96. The second kappa shape index (κ2) is 10.1. The molecule has 0 radical (unpaired) electrons. The first kappa shape index (κ1) is 22.3. The van der Waals surface area contributed by atoms with Gasteiger partial charge in [0.15, 0.2) is 11.0 Å². The Bertz CT molecular complexity index is 888. The van der Waals surface area contributed by atoms with Crippen LogP contribution in [0, 0.1) is 6.92 Å². The Labute approximate surface area is 188 Å². The fraction of sp³-hybridized carbons (Fsp3) is 0.609. The highest BCUT2D eigenvalue weighted by Gasteiger charge is 2.38. The zero-order valence-electron chi connectivity index (χ0n) is 18.6. The van der Waals surface area contributed by atoms with Crippen molar-refractivity contribution >= 4 is 17.7 Å². The average molecular weight is 444 g/mol. The van der Waals surface area contributed by atoms with E-state index in [9.17, 15) is 4.79 Å². The predicted molar refractivity (Wildman–Crippen MR) is 123 cm³/mol. The number of hydrogen-bond donors (Lipinski definition) is 1. The minimum absolute atomic E-state index is 0.0589. The highest BCUT2D eigenvalue weighted by molar-refractivity contribution is 7.99. The number of benzene rings is 1. The number of morpholine rings is 1. The second-order valence-corrected chi connectivity index (χ2v) is 9.57. The minimum atomic E-state index is 0.0589. The standard InChI is InChI=1S/C23H33N5O2S/c1-18-8-4-5-9-19(18)21-25-26-22(27(21)2)31-16-20(29)24-17-23(10-6-3-7-11-23)28-12-14-30-15-13-28/h4-5,8-9H,3,6-7,10-17H2,1-2H3,(H,24,29). The summed E-state index contributed by atoms with van der Waals surface area (Å²) in [6.07, 6.45) is 6.09. The highest BCUT2D eigenvalue weighted by atomic mass is 32.2. The van der Waals surface area contributed by atoms with Gasteiger partial charge in [0.05, 0.1) is 19.0 Å². The first-order chi connectivity index (χ1) is 15.1. The van der Waals surface area contributed by atoms with Gasteiger partial charge in [-0.15, -0.1) is 10.2 Å². The van der Waals surface area contributed by atoms with Crippen molar-refractivity contribution in [1.29, 1.82) is 0 Å². The van der Waals surface area contributed by atoms with Crippen LogP contribution in [0.25, 0.3) is 11.4 Å². The van der Waals surface area contributed by atoms with Crippen LogP contribution < -0.4 is 5.32 Å². The topological polar surface area (TPSA) is 72.3 Å². The molecule has 1 amide bonds. The van der Waals surface area contributed by atoms with Crippen LogP contribution in [0.4, 0.5) is 0 Å². The summed E-state index contributed by atoms with van der Waals surface area (Å²) in [5.41, 5.74) is 2.32. The smallest absolute Gasteiger partial charge is 0.230 e. The van der Waals surface area contributed by atoms with Gasteiger partial charge in [-0.3, -0.25) is 9.69 Å². The number of aromatic nitrogens is 3. The Morgan fingerprint density at radius 3 is 2.65 bits per heavy atom. The fourth-order valence-corrected chi connectivity index (χ4v) is 5.54. The number of thioether (sulfide) groups is 1. The molecular formula is C23H33N5O2S. The molecule has 4 rings (SSSR count). The second-order valence-electron chi connectivity index (χ2n) is 8.63. The molecule has 0 unspecified atom stereocenters. The number of carbonyl (C=O) groups is 1. The normalized spacial score (nSPS) is 19.3. The summed E-state index contributed by atoms with van der Waals surface area (Å²) in [4.78, 5) is 15.2. The van der Waals surface area contributed by atoms with Crippen LogP contribution >= 0.6 is 11.8 Å². The third kappa shape index (κ3) is 5.13. The van der Waals surface area contributed by atoms with Gasteiger partial charge >= 0.3 is 0 Å². The Morgan fingerprint density at radius 1 is 1.16 bits per heavy atom. The number of nitrogens with zero attached hydrogens (tertiary/aromatic N) is 4. The van der Waals surface area contributed by atoms with Gasteiger partial charge in [-0.05, 0) is 25.3 Å². The van der Waals surface area contributed by atoms with E-state index in [1.165, 1.54) is 31.0 Å². The molecule has 1 aromatic carbocycles. The highest BCUT2D eigenvalue weighted by Crippen LogP contribution is 2.34. The zero-order chi connectivity index (χ0) is 21.7. The molecule has 1 aromatic heterocycles. The molecule has 2 aromatic rings. The van der Waals surface area contributed by atoms with Crippen molar-refractivity contribution in [2.24, 2.45) is 7.05 Å². The number of carbonyl (C=O) groups excluding carboxylic acids is 1. The molecule has 7 nitrogen and oxygen atoms in total. The van der Waals surface area contributed by atoms with E-state index < -0.39 is 0 Å². The Hall–Kier alpha value is -1.90. The van der Waals surface area contributed by atoms with E-state index in [4.69, 9.17) is 4.74 Å². The zero-order valence-corrected chi connectivity index (χ0v) is 19.4. The molecule has 2 heterocycles. The molecule has 1 saturated heterocycles. The predicted octanol–water partition coefficient (Wildman–Crippen LogP) is 3.03. The van der Waals surface area contributed by atoms with E-state index >= 15 is 0 Å². The van der Waals surface area contributed by atoms with Crippen molar-refractivity contribution in [3.05, 3.63) is 29.8 Å². The van der Waals surface area contributed by atoms with Crippen LogP contribution in [0.5, 0.6) is 0 Å². The average Bonchev–Trinajstić information content (AvgIpc) is 3.18. The maximum absolute atomic E-state index is 12.7. The van der Waals surface area contributed by atoms with Crippen molar-refractivity contribution in [3.8, 4) is 11.4 Å². The maximum atomic E-state index is 12.7. The Kier molecular flexibility index (Phi) is 7.30. The van der Waals surface area contributed by atoms with E-state index in [0.29, 0.717) is 5.75 Å². The quantitative estimate of drug-likeness (QED) is 0.663. The lowest BCUT2D eigenvalue weighted by atomic mass is 9.79. The molecule has 1 saturated carbocycles. The third-order valence-corrected chi connectivity index (χ3v) is 7.65. The van der Waals surface area contributed by atoms with Crippen LogP contribution in [-0.4, -0.2) is 69.7 Å². The van der Waals surface area contributed by atoms with Crippen molar-refractivity contribution in [3.63, 3.8) is 0 Å². The van der Waals surface area contributed by atoms with Gasteiger partial charge in [0.1, 0.15) is 0 Å². The Morgan fingerprint density at radius 2 is 1.90 bits per heavy atom. The monoisotopic (exact) mass is 443 g/mol. The lowest BCUT2D eigenvalue weighted by Crippen LogP contribution is -2.59. The summed E-state index contributed by atoms with van der Waals surface area (Å²) >= 11 is 1.44. The number of ether oxygens (including phenoxy) is 1. The molecule has 0 spiro atoms. The summed E-state index contributed by atoms with van der Waals surface area (Å²) in [6, 6.07) is 8.15. The summed E-state index contributed by atoms with van der Waals surface area (Å²) in [5.74, 6) is 1.23. The fourth-order valence-electron chi connectivity index (χ4n) is 4.80. The van der Waals surface area contributed by atoms with Crippen molar-refractivity contribution in [1.82, 2.24) is 25.0 Å². The first-order valence-electron chi connectivity index (χ1n) is 11.3. The number of nitrogens with one attached hydrogen (secondary N) is 1. The maximum Gasteiger partial charge on any atom is 0.230 e. The molecule has 1 N–H and O–H groups in total. The lowest BCUT2D eigenvalue weighted by molar-refractivity contribution is -0.119. The van der Waals surface area contributed by atoms with Gasteiger partial charge in [0.2, 0.25) is 5.91 Å². The van der Waals surface area contributed by atoms with Gasteiger partial charge in [-0.25, -0.2) is 0 Å². The van der Waals surface area contributed by atoms with E-state index in [0.717, 1.165) is 67.8 Å². The minimum Gasteiger partial charge on any atom is -0.379 e. The molecule has 1 aliphatic heterocycles.